The van der Waals surface area contributed by atoms with E-state index >= 15 is 0 Å². The van der Waals surface area contributed by atoms with Gasteiger partial charge in [0.1, 0.15) is 0 Å². The summed E-state index contributed by atoms with van der Waals surface area (Å²) in [5.41, 5.74) is 0. The van der Waals surface area contributed by atoms with Crippen molar-refractivity contribution in [1.29, 1.82) is 0 Å². The summed E-state index contributed by atoms with van der Waals surface area (Å²) < 4.78 is 0. The Hall–Kier alpha value is -0.410. The van der Waals surface area contributed by atoms with Gasteiger partial charge in [-0.05, 0) is 38.8 Å². The molecule has 1 aromatic rings. The predicted molar refractivity (Wildman–Crippen MR) is 67.5 cm³/mol. The fourth-order valence-corrected chi connectivity index (χ4v) is 2.54. The molecule has 1 heterocycles. The van der Waals surface area contributed by atoms with Crippen LogP contribution in [0.2, 0.25) is 0 Å². The van der Waals surface area contributed by atoms with Gasteiger partial charge in [0.15, 0.2) is 0 Å². The van der Waals surface area contributed by atoms with Gasteiger partial charge in [0, 0.05) is 11.1 Å². The van der Waals surface area contributed by atoms with Gasteiger partial charge >= 0.3 is 0 Å². The lowest BCUT2D eigenvalue weighted by Crippen LogP contribution is -2.24. The van der Waals surface area contributed by atoms with Crippen LogP contribution in [-0.4, -0.2) is 18.1 Å². The molecule has 0 amide bonds. The van der Waals surface area contributed by atoms with Gasteiger partial charge in [-0.25, -0.2) is 4.98 Å². The average Bonchev–Trinajstić information content (AvgIpc) is 2.63. The minimum absolute atomic E-state index is 0.761. The highest BCUT2D eigenvalue weighted by molar-refractivity contribution is 7.11. The minimum atomic E-state index is 0.761. The molecule has 0 radical (unpaired) electrons. The maximum Gasteiger partial charge on any atom is 0.0896 e. The van der Waals surface area contributed by atoms with E-state index in [-0.39, 0.29) is 0 Å². The Morgan fingerprint density at radius 3 is 2.80 bits per heavy atom. The van der Waals surface area contributed by atoms with E-state index in [0.29, 0.717) is 0 Å². The number of hydrogen-bond acceptors (Lipinski definition) is 3. The van der Waals surface area contributed by atoms with Crippen LogP contribution in [0.25, 0.3) is 0 Å². The van der Waals surface area contributed by atoms with Gasteiger partial charge in [0.25, 0.3) is 0 Å². The molecule has 0 aromatic carbocycles. The first-order valence-electron chi connectivity index (χ1n) is 5.88. The second-order valence-electron chi connectivity index (χ2n) is 4.03. The monoisotopic (exact) mass is 226 g/mol. The van der Waals surface area contributed by atoms with Crippen molar-refractivity contribution in [2.45, 2.75) is 40.0 Å². The van der Waals surface area contributed by atoms with Crippen LogP contribution in [0.15, 0.2) is 6.20 Å². The van der Waals surface area contributed by atoms with Crippen LogP contribution in [0.4, 0.5) is 0 Å². The summed E-state index contributed by atoms with van der Waals surface area (Å²) in [4.78, 5) is 5.73. The van der Waals surface area contributed by atoms with Gasteiger partial charge in [-0.1, -0.05) is 20.3 Å². The van der Waals surface area contributed by atoms with E-state index in [4.69, 9.17) is 0 Å². The minimum Gasteiger partial charge on any atom is -0.316 e. The van der Waals surface area contributed by atoms with E-state index in [0.717, 1.165) is 19.0 Å². The third-order valence-corrected chi connectivity index (χ3v) is 3.53. The van der Waals surface area contributed by atoms with E-state index in [9.17, 15) is 0 Å². The molecule has 0 fully saturated rings. The zero-order valence-corrected chi connectivity index (χ0v) is 10.9. The molecule has 3 heteroatoms. The molecule has 15 heavy (non-hydrogen) atoms. The Bertz CT molecular complexity index is 270. The van der Waals surface area contributed by atoms with Gasteiger partial charge in [0.2, 0.25) is 0 Å². The first-order chi connectivity index (χ1) is 7.26. The molecule has 2 nitrogen and oxygen atoms in total. The van der Waals surface area contributed by atoms with Crippen molar-refractivity contribution in [1.82, 2.24) is 10.3 Å². The zero-order valence-electron chi connectivity index (χ0n) is 10.0. The lowest BCUT2D eigenvalue weighted by Gasteiger charge is -2.14. The zero-order chi connectivity index (χ0) is 11.1. The quantitative estimate of drug-likeness (QED) is 0.723. The molecule has 0 bridgehead atoms. The van der Waals surface area contributed by atoms with Gasteiger partial charge < -0.3 is 5.32 Å². The molecule has 1 N–H and O–H groups in total. The summed E-state index contributed by atoms with van der Waals surface area (Å²) in [6.45, 7) is 8.83. The van der Waals surface area contributed by atoms with Crippen molar-refractivity contribution >= 4 is 11.3 Å². The summed E-state index contributed by atoms with van der Waals surface area (Å²) in [6.07, 6.45) is 5.67. The molecule has 1 atom stereocenters. The Morgan fingerprint density at radius 1 is 1.47 bits per heavy atom. The second-order valence-corrected chi connectivity index (χ2v) is 5.35. The Morgan fingerprint density at radius 2 is 2.27 bits per heavy atom. The van der Waals surface area contributed by atoms with E-state index in [1.165, 1.54) is 29.1 Å². The lowest BCUT2D eigenvalue weighted by molar-refractivity contribution is 0.463. The highest BCUT2D eigenvalue weighted by Gasteiger charge is 2.08. The Balaban J connectivity index is 2.33. The van der Waals surface area contributed by atoms with Crippen molar-refractivity contribution in [3.05, 3.63) is 16.1 Å². The molecule has 0 saturated heterocycles. The molecular formula is C12H22N2S. The third kappa shape index (κ3) is 4.76. The SMILES string of the molecule is CCCNCC(CC)Cc1cnc(C)s1. The van der Waals surface area contributed by atoms with Crippen LogP contribution in [0.3, 0.4) is 0 Å². The Kier molecular flexibility index (Phi) is 5.88. The van der Waals surface area contributed by atoms with Gasteiger partial charge in [-0.15, -0.1) is 11.3 Å². The van der Waals surface area contributed by atoms with Crippen LogP contribution < -0.4 is 5.32 Å². The van der Waals surface area contributed by atoms with E-state index in [1.807, 2.05) is 17.5 Å². The maximum atomic E-state index is 4.30. The molecule has 0 aliphatic rings. The smallest absolute Gasteiger partial charge is 0.0896 e. The average molecular weight is 226 g/mol. The first kappa shape index (κ1) is 12.7. The maximum absolute atomic E-state index is 4.30. The van der Waals surface area contributed by atoms with E-state index in [1.54, 1.807) is 0 Å². The normalized spacial score (nSPS) is 13.0. The summed E-state index contributed by atoms with van der Waals surface area (Å²) in [7, 11) is 0. The molecule has 1 aromatic heterocycles. The molecule has 0 aliphatic carbocycles. The van der Waals surface area contributed by atoms with Gasteiger partial charge in [-0.2, -0.15) is 0 Å². The van der Waals surface area contributed by atoms with Crippen LogP contribution in [0.5, 0.6) is 0 Å². The van der Waals surface area contributed by atoms with Crippen molar-refractivity contribution < 1.29 is 0 Å². The lowest BCUT2D eigenvalue weighted by atomic mass is 10.0. The van der Waals surface area contributed by atoms with Crippen LogP contribution >= 0.6 is 11.3 Å². The number of aryl methyl sites for hydroxylation is 1. The molecular weight excluding hydrogens is 204 g/mol. The second kappa shape index (κ2) is 6.96. The third-order valence-electron chi connectivity index (χ3n) is 2.60. The van der Waals surface area contributed by atoms with Crippen LogP contribution in [0, 0.1) is 12.8 Å². The summed E-state index contributed by atoms with van der Waals surface area (Å²) in [5.74, 6) is 0.761. The standard InChI is InChI=1S/C12H22N2S/c1-4-6-13-8-11(5-2)7-12-9-14-10(3)15-12/h9,11,13H,4-8H2,1-3H3. The van der Waals surface area contributed by atoms with Crippen molar-refractivity contribution in [2.24, 2.45) is 5.92 Å². The summed E-state index contributed by atoms with van der Waals surface area (Å²) in [5, 5.41) is 4.68. The fourth-order valence-electron chi connectivity index (χ4n) is 1.63. The number of hydrogen-bond donors (Lipinski definition) is 1. The number of aromatic nitrogens is 1. The largest absolute Gasteiger partial charge is 0.316 e. The van der Waals surface area contributed by atoms with Crippen molar-refractivity contribution in [3.8, 4) is 0 Å². The molecule has 1 unspecified atom stereocenters. The van der Waals surface area contributed by atoms with Gasteiger partial charge in [0.05, 0.1) is 5.01 Å². The summed E-state index contributed by atoms with van der Waals surface area (Å²) in [6, 6.07) is 0. The molecule has 1 rings (SSSR count). The first-order valence-corrected chi connectivity index (χ1v) is 6.69. The topological polar surface area (TPSA) is 24.9 Å². The predicted octanol–water partition coefficient (Wildman–Crippen LogP) is 3.02. The number of thiazole rings is 1. The van der Waals surface area contributed by atoms with Crippen molar-refractivity contribution in [2.75, 3.05) is 13.1 Å². The highest BCUT2D eigenvalue weighted by atomic mass is 32.1. The van der Waals surface area contributed by atoms with Crippen LogP contribution in [-0.2, 0) is 6.42 Å². The molecule has 0 aliphatic heterocycles. The van der Waals surface area contributed by atoms with Crippen molar-refractivity contribution in [3.63, 3.8) is 0 Å². The number of rotatable bonds is 7. The van der Waals surface area contributed by atoms with Crippen LogP contribution in [0.1, 0.15) is 36.6 Å². The summed E-state index contributed by atoms with van der Waals surface area (Å²) >= 11 is 1.83. The van der Waals surface area contributed by atoms with Gasteiger partial charge in [-0.3, -0.25) is 0 Å². The number of nitrogens with one attached hydrogen (secondary N) is 1. The molecule has 0 spiro atoms. The molecule has 0 saturated carbocycles. The number of nitrogens with zero attached hydrogens (tertiary/aromatic N) is 1. The van der Waals surface area contributed by atoms with E-state index < -0.39 is 0 Å². The molecule has 86 valence electrons. The fraction of sp³-hybridized carbons (Fsp3) is 0.750. The Labute approximate surface area is 97.1 Å². The van der Waals surface area contributed by atoms with E-state index in [2.05, 4.69) is 31.1 Å². The highest BCUT2D eigenvalue weighted by Crippen LogP contribution is 2.17.